The topological polar surface area (TPSA) is 88.3 Å². The molecule has 0 bridgehead atoms. The van der Waals surface area contributed by atoms with Crippen molar-refractivity contribution in [3.05, 3.63) is 47.3 Å². The fourth-order valence-electron chi connectivity index (χ4n) is 2.44. The maximum atomic E-state index is 12.4. The van der Waals surface area contributed by atoms with Gasteiger partial charge in [0.15, 0.2) is 5.69 Å². The number of carbonyl (C=O) groups is 2. The number of nitrogens with zero attached hydrogens (tertiary/aromatic N) is 4. The summed E-state index contributed by atoms with van der Waals surface area (Å²) in [4.78, 5) is 24.7. The van der Waals surface area contributed by atoms with Crippen LogP contribution in [0.1, 0.15) is 21.6 Å². The Morgan fingerprint density at radius 1 is 1.24 bits per heavy atom. The SMILES string of the molecule is O=C(O)Cn1cc(C(=O)N2CCc3ccccc3C2)nn1. The van der Waals surface area contributed by atoms with Gasteiger partial charge in [-0.05, 0) is 17.5 Å². The van der Waals surface area contributed by atoms with Crippen LogP contribution < -0.4 is 0 Å². The van der Waals surface area contributed by atoms with E-state index in [0.717, 1.165) is 16.7 Å². The van der Waals surface area contributed by atoms with E-state index < -0.39 is 5.97 Å². The van der Waals surface area contributed by atoms with E-state index >= 15 is 0 Å². The maximum Gasteiger partial charge on any atom is 0.325 e. The number of carboxylic acid groups (broad SMARTS) is 1. The van der Waals surface area contributed by atoms with Crippen LogP contribution in [0.15, 0.2) is 30.5 Å². The monoisotopic (exact) mass is 286 g/mol. The first-order chi connectivity index (χ1) is 10.1. The van der Waals surface area contributed by atoms with Gasteiger partial charge in [0, 0.05) is 13.1 Å². The molecule has 2 heterocycles. The van der Waals surface area contributed by atoms with Crippen molar-refractivity contribution in [2.45, 2.75) is 19.5 Å². The zero-order valence-corrected chi connectivity index (χ0v) is 11.3. The lowest BCUT2D eigenvalue weighted by atomic mass is 10.00. The Labute approximate surface area is 120 Å². The van der Waals surface area contributed by atoms with Gasteiger partial charge in [-0.3, -0.25) is 9.59 Å². The third kappa shape index (κ3) is 2.76. The molecule has 0 atom stereocenters. The molecule has 7 heteroatoms. The number of benzene rings is 1. The molecule has 108 valence electrons. The van der Waals surface area contributed by atoms with E-state index in [0.29, 0.717) is 13.1 Å². The fourth-order valence-corrected chi connectivity index (χ4v) is 2.44. The molecule has 21 heavy (non-hydrogen) atoms. The highest BCUT2D eigenvalue weighted by Crippen LogP contribution is 2.19. The van der Waals surface area contributed by atoms with Gasteiger partial charge >= 0.3 is 5.97 Å². The number of hydrogen-bond acceptors (Lipinski definition) is 4. The van der Waals surface area contributed by atoms with E-state index in [-0.39, 0.29) is 18.1 Å². The van der Waals surface area contributed by atoms with Crippen LogP contribution >= 0.6 is 0 Å². The van der Waals surface area contributed by atoms with Gasteiger partial charge in [0.2, 0.25) is 0 Å². The molecule has 0 spiro atoms. The molecule has 1 aromatic carbocycles. The number of amides is 1. The lowest BCUT2D eigenvalue weighted by molar-refractivity contribution is -0.137. The first-order valence-corrected chi connectivity index (χ1v) is 6.61. The first-order valence-electron chi connectivity index (χ1n) is 6.61. The molecule has 0 saturated heterocycles. The van der Waals surface area contributed by atoms with Crippen LogP contribution in [0.25, 0.3) is 0 Å². The van der Waals surface area contributed by atoms with E-state index in [1.54, 1.807) is 4.90 Å². The Bertz CT molecular complexity index is 695. The minimum absolute atomic E-state index is 0.177. The normalized spacial score (nSPS) is 13.8. The summed E-state index contributed by atoms with van der Waals surface area (Å²) in [6.07, 6.45) is 2.18. The Morgan fingerprint density at radius 2 is 2.00 bits per heavy atom. The van der Waals surface area contributed by atoms with Crippen LogP contribution in [0.4, 0.5) is 0 Å². The lowest BCUT2D eigenvalue weighted by Gasteiger charge is -2.28. The average Bonchev–Trinajstić information content (AvgIpc) is 2.93. The molecule has 1 aliphatic heterocycles. The van der Waals surface area contributed by atoms with Gasteiger partial charge < -0.3 is 10.0 Å². The molecule has 1 amide bonds. The van der Waals surface area contributed by atoms with E-state index in [9.17, 15) is 9.59 Å². The molecule has 7 nitrogen and oxygen atoms in total. The number of fused-ring (bicyclic) bond motifs is 1. The molecule has 0 fully saturated rings. The average molecular weight is 286 g/mol. The van der Waals surface area contributed by atoms with Crippen molar-refractivity contribution in [3.63, 3.8) is 0 Å². The highest BCUT2D eigenvalue weighted by molar-refractivity contribution is 5.92. The van der Waals surface area contributed by atoms with Crippen LogP contribution in [0, 0.1) is 0 Å². The molecule has 1 aromatic heterocycles. The van der Waals surface area contributed by atoms with E-state index in [1.807, 2.05) is 18.2 Å². The molecule has 0 saturated carbocycles. The molecule has 2 aromatic rings. The summed E-state index contributed by atoms with van der Waals surface area (Å²) in [5.41, 5.74) is 2.57. The highest BCUT2D eigenvalue weighted by Gasteiger charge is 2.23. The number of hydrogen-bond donors (Lipinski definition) is 1. The minimum Gasteiger partial charge on any atom is -0.480 e. The molecule has 1 aliphatic rings. The number of rotatable bonds is 3. The Hall–Kier alpha value is -2.70. The highest BCUT2D eigenvalue weighted by atomic mass is 16.4. The van der Waals surface area contributed by atoms with E-state index in [4.69, 9.17) is 5.11 Å². The van der Waals surface area contributed by atoms with Crippen molar-refractivity contribution in [1.82, 2.24) is 19.9 Å². The summed E-state index contributed by atoms with van der Waals surface area (Å²) in [5, 5.41) is 16.1. The summed E-state index contributed by atoms with van der Waals surface area (Å²) in [7, 11) is 0. The summed E-state index contributed by atoms with van der Waals surface area (Å²) in [5.74, 6) is -1.24. The standard InChI is InChI=1S/C14H14N4O3/c19-13(20)9-18-8-12(15-16-18)14(21)17-6-5-10-3-1-2-4-11(10)7-17/h1-4,8H,5-7,9H2,(H,19,20). The summed E-state index contributed by atoms with van der Waals surface area (Å²) >= 11 is 0. The summed E-state index contributed by atoms with van der Waals surface area (Å²) in [6.45, 7) is 0.867. The van der Waals surface area contributed by atoms with Gasteiger partial charge in [0.05, 0.1) is 6.20 Å². The van der Waals surface area contributed by atoms with Crippen LogP contribution in [0.5, 0.6) is 0 Å². The largest absolute Gasteiger partial charge is 0.480 e. The van der Waals surface area contributed by atoms with Crippen molar-refractivity contribution in [1.29, 1.82) is 0 Å². The predicted molar refractivity (Wildman–Crippen MR) is 72.5 cm³/mol. The minimum atomic E-state index is -1.02. The second kappa shape index (κ2) is 5.35. The van der Waals surface area contributed by atoms with Crippen molar-refractivity contribution in [2.24, 2.45) is 0 Å². The second-order valence-corrected chi connectivity index (χ2v) is 4.94. The molecule has 0 aliphatic carbocycles. The Morgan fingerprint density at radius 3 is 2.76 bits per heavy atom. The zero-order valence-electron chi connectivity index (χ0n) is 11.3. The Kier molecular flexibility index (Phi) is 3.39. The molecular weight excluding hydrogens is 272 g/mol. The summed E-state index contributed by atoms with van der Waals surface area (Å²) in [6, 6.07) is 8.03. The van der Waals surface area contributed by atoms with E-state index in [1.165, 1.54) is 11.8 Å². The molecule has 0 radical (unpaired) electrons. The maximum absolute atomic E-state index is 12.4. The Balaban J connectivity index is 1.74. The van der Waals surface area contributed by atoms with Crippen molar-refractivity contribution >= 4 is 11.9 Å². The third-order valence-electron chi connectivity index (χ3n) is 3.47. The first kappa shape index (κ1) is 13.3. The number of aliphatic carboxylic acids is 1. The molecule has 3 rings (SSSR count). The smallest absolute Gasteiger partial charge is 0.325 e. The second-order valence-electron chi connectivity index (χ2n) is 4.94. The fraction of sp³-hybridized carbons (Fsp3) is 0.286. The summed E-state index contributed by atoms with van der Waals surface area (Å²) < 4.78 is 1.15. The quantitative estimate of drug-likeness (QED) is 0.890. The van der Waals surface area contributed by atoms with Crippen LogP contribution in [-0.4, -0.2) is 43.4 Å². The van der Waals surface area contributed by atoms with Gasteiger partial charge in [0.25, 0.3) is 5.91 Å². The number of carbonyl (C=O) groups excluding carboxylic acids is 1. The third-order valence-corrected chi connectivity index (χ3v) is 3.47. The van der Waals surface area contributed by atoms with Crippen LogP contribution in [0.3, 0.4) is 0 Å². The van der Waals surface area contributed by atoms with Gasteiger partial charge in [0.1, 0.15) is 6.54 Å². The molecule has 1 N–H and O–H groups in total. The van der Waals surface area contributed by atoms with Gasteiger partial charge in [-0.2, -0.15) is 0 Å². The van der Waals surface area contributed by atoms with Crippen molar-refractivity contribution in [2.75, 3.05) is 6.54 Å². The van der Waals surface area contributed by atoms with E-state index in [2.05, 4.69) is 16.4 Å². The van der Waals surface area contributed by atoms with Gasteiger partial charge in [-0.25, -0.2) is 4.68 Å². The number of aromatic nitrogens is 3. The lowest BCUT2D eigenvalue weighted by Crippen LogP contribution is -2.36. The van der Waals surface area contributed by atoms with Gasteiger partial charge in [-0.15, -0.1) is 5.10 Å². The van der Waals surface area contributed by atoms with Crippen molar-refractivity contribution < 1.29 is 14.7 Å². The molecule has 0 unspecified atom stereocenters. The van der Waals surface area contributed by atoms with Crippen molar-refractivity contribution in [3.8, 4) is 0 Å². The molecular formula is C14H14N4O3. The predicted octanol–water partition coefficient (Wildman–Crippen LogP) is 0.561. The van der Waals surface area contributed by atoms with Crippen LogP contribution in [0.2, 0.25) is 0 Å². The van der Waals surface area contributed by atoms with Crippen LogP contribution in [-0.2, 0) is 24.3 Å². The van der Waals surface area contributed by atoms with Gasteiger partial charge in [-0.1, -0.05) is 29.5 Å². The zero-order chi connectivity index (χ0) is 14.8. The number of carboxylic acids is 1.